The highest BCUT2D eigenvalue weighted by Gasteiger charge is 2.32. The summed E-state index contributed by atoms with van der Waals surface area (Å²) < 4.78 is 50.1. The van der Waals surface area contributed by atoms with Gasteiger partial charge in [-0.3, -0.25) is 0 Å². The van der Waals surface area contributed by atoms with E-state index in [-0.39, 0.29) is 11.1 Å². The zero-order valence-electron chi connectivity index (χ0n) is 16.4. The van der Waals surface area contributed by atoms with E-state index in [2.05, 4.69) is 0 Å². The highest BCUT2D eigenvalue weighted by Crippen LogP contribution is 2.45. The van der Waals surface area contributed by atoms with Crippen LogP contribution in [-0.2, 0) is 11.8 Å². The van der Waals surface area contributed by atoms with Crippen LogP contribution in [0, 0.1) is 0 Å². The van der Waals surface area contributed by atoms with E-state index in [0.717, 1.165) is 12.1 Å². The Morgan fingerprint density at radius 3 is 2.03 bits per heavy atom. The maximum atomic E-state index is 13.2. The van der Waals surface area contributed by atoms with Gasteiger partial charge in [-0.2, -0.15) is 13.2 Å². The molecule has 0 aliphatic heterocycles. The van der Waals surface area contributed by atoms with Gasteiger partial charge in [0, 0.05) is 5.39 Å². The fourth-order valence-corrected chi connectivity index (χ4v) is 3.37. The van der Waals surface area contributed by atoms with Gasteiger partial charge in [0.25, 0.3) is 0 Å². The van der Waals surface area contributed by atoms with Crippen LogP contribution in [-0.4, -0.2) is 24.4 Å². The predicted molar refractivity (Wildman–Crippen MR) is 104 cm³/mol. The van der Waals surface area contributed by atoms with E-state index in [9.17, 15) is 23.4 Å². The summed E-state index contributed by atoms with van der Waals surface area (Å²) in [6.07, 6.45) is -4.54. The van der Waals surface area contributed by atoms with Crippen LogP contribution in [0.15, 0.2) is 42.5 Å². The lowest BCUT2D eigenvalue weighted by Gasteiger charge is -2.25. The second-order valence-electron chi connectivity index (χ2n) is 7.21. The van der Waals surface area contributed by atoms with Gasteiger partial charge in [0.1, 0.15) is 5.75 Å². The Hall–Kier alpha value is -2.93. The zero-order valence-corrected chi connectivity index (χ0v) is 16.4. The number of halogens is 3. The monoisotopic (exact) mass is 406 g/mol. The third-order valence-corrected chi connectivity index (χ3v) is 4.77. The highest BCUT2D eigenvalue weighted by atomic mass is 19.4. The molecular weight excluding hydrogens is 385 g/mol. The Balaban J connectivity index is 2.41. The van der Waals surface area contributed by atoms with Gasteiger partial charge in [-0.15, -0.1) is 0 Å². The Morgan fingerprint density at radius 1 is 0.828 bits per heavy atom. The molecule has 3 rings (SSSR count). The molecule has 0 heterocycles. The van der Waals surface area contributed by atoms with Crippen LogP contribution in [0.2, 0.25) is 0 Å². The normalized spacial score (nSPS) is 12.3. The molecule has 29 heavy (non-hydrogen) atoms. The summed E-state index contributed by atoms with van der Waals surface area (Å²) in [7, 11) is 2.97. The van der Waals surface area contributed by atoms with Crippen molar-refractivity contribution in [2.45, 2.75) is 25.6 Å². The standard InChI is InChI=1S/C22H21F3O4/c1-21(2,27)16-11-17(26)15-10-13(22(23,24)25)6-7-14(15)20(16)12-5-8-18(28-3)19(9-12)29-4/h5-11,26-27H,1-4H3. The molecule has 0 aromatic heterocycles. The van der Waals surface area contributed by atoms with Crippen molar-refractivity contribution in [1.29, 1.82) is 0 Å². The Labute approximate surface area is 166 Å². The molecule has 0 atom stereocenters. The number of phenolic OH excluding ortho intramolecular Hbond substituents is 1. The molecule has 0 saturated heterocycles. The van der Waals surface area contributed by atoms with Crippen molar-refractivity contribution in [3.05, 3.63) is 53.6 Å². The van der Waals surface area contributed by atoms with Gasteiger partial charge in [0.15, 0.2) is 11.5 Å². The maximum absolute atomic E-state index is 13.2. The number of aliphatic hydroxyl groups is 1. The number of aromatic hydroxyl groups is 1. The summed E-state index contributed by atoms with van der Waals surface area (Å²) in [5, 5.41) is 21.5. The van der Waals surface area contributed by atoms with Crippen LogP contribution in [0.5, 0.6) is 17.2 Å². The quantitative estimate of drug-likeness (QED) is 0.603. The van der Waals surface area contributed by atoms with E-state index in [1.54, 1.807) is 32.0 Å². The topological polar surface area (TPSA) is 58.9 Å². The lowest BCUT2D eigenvalue weighted by atomic mass is 9.85. The Kier molecular flexibility index (Phi) is 5.13. The molecule has 2 N–H and O–H groups in total. The second-order valence-corrected chi connectivity index (χ2v) is 7.21. The van der Waals surface area contributed by atoms with Gasteiger partial charge >= 0.3 is 6.18 Å². The molecular formula is C22H21F3O4. The average molecular weight is 406 g/mol. The lowest BCUT2D eigenvalue weighted by Crippen LogP contribution is -2.17. The third kappa shape index (κ3) is 3.82. The van der Waals surface area contributed by atoms with E-state index in [0.29, 0.717) is 33.6 Å². The van der Waals surface area contributed by atoms with Gasteiger partial charge < -0.3 is 19.7 Å². The summed E-state index contributed by atoms with van der Waals surface area (Å²) in [5.41, 5.74) is -0.759. The van der Waals surface area contributed by atoms with Crippen molar-refractivity contribution in [1.82, 2.24) is 0 Å². The molecule has 154 valence electrons. The fraction of sp³-hybridized carbons (Fsp3) is 0.273. The van der Waals surface area contributed by atoms with Crippen molar-refractivity contribution in [3.8, 4) is 28.4 Å². The van der Waals surface area contributed by atoms with E-state index < -0.39 is 17.3 Å². The smallest absolute Gasteiger partial charge is 0.416 e. The number of alkyl halides is 3. The number of ether oxygens (including phenoxy) is 2. The number of hydrogen-bond donors (Lipinski definition) is 2. The fourth-order valence-electron chi connectivity index (χ4n) is 3.37. The molecule has 0 fully saturated rings. The number of benzene rings is 3. The summed E-state index contributed by atoms with van der Waals surface area (Å²) in [5.74, 6) is 0.579. The molecule has 0 radical (unpaired) electrons. The minimum Gasteiger partial charge on any atom is -0.507 e. The predicted octanol–water partition coefficient (Wildman–Crippen LogP) is 5.48. The van der Waals surface area contributed by atoms with E-state index in [1.807, 2.05) is 0 Å². The summed E-state index contributed by atoms with van der Waals surface area (Å²) in [6, 6.07) is 9.54. The SMILES string of the molecule is COc1ccc(-c2c(C(C)(C)O)cc(O)c3cc(C(F)(F)F)ccc23)cc1OC. The van der Waals surface area contributed by atoms with Crippen LogP contribution in [0.1, 0.15) is 25.0 Å². The molecule has 3 aromatic carbocycles. The van der Waals surface area contributed by atoms with Gasteiger partial charge in [-0.1, -0.05) is 12.1 Å². The van der Waals surface area contributed by atoms with Crippen molar-refractivity contribution >= 4 is 10.8 Å². The molecule has 0 saturated carbocycles. The number of fused-ring (bicyclic) bond motifs is 1. The Bertz CT molecular complexity index is 1070. The van der Waals surface area contributed by atoms with Crippen LogP contribution in [0.25, 0.3) is 21.9 Å². The number of methoxy groups -OCH3 is 2. The van der Waals surface area contributed by atoms with Gasteiger partial charge in [-0.25, -0.2) is 0 Å². The molecule has 0 spiro atoms. The van der Waals surface area contributed by atoms with Crippen molar-refractivity contribution < 1.29 is 32.9 Å². The molecule has 0 amide bonds. The number of rotatable bonds is 4. The molecule has 0 aliphatic rings. The average Bonchev–Trinajstić information content (AvgIpc) is 2.65. The summed E-state index contributed by atoms with van der Waals surface area (Å²) in [6.45, 7) is 3.09. The highest BCUT2D eigenvalue weighted by molar-refractivity contribution is 6.02. The first-order valence-corrected chi connectivity index (χ1v) is 8.79. The molecule has 7 heteroatoms. The Morgan fingerprint density at radius 2 is 1.48 bits per heavy atom. The first kappa shape index (κ1) is 20.8. The molecule has 3 aromatic rings. The minimum absolute atomic E-state index is 0.0395. The van der Waals surface area contributed by atoms with E-state index >= 15 is 0 Å². The second kappa shape index (κ2) is 7.15. The zero-order chi connectivity index (χ0) is 21.6. The van der Waals surface area contributed by atoms with Crippen LogP contribution in [0.4, 0.5) is 13.2 Å². The van der Waals surface area contributed by atoms with Crippen LogP contribution >= 0.6 is 0 Å². The molecule has 0 aliphatic carbocycles. The number of phenols is 1. The largest absolute Gasteiger partial charge is 0.507 e. The maximum Gasteiger partial charge on any atom is 0.416 e. The van der Waals surface area contributed by atoms with Crippen molar-refractivity contribution in [3.63, 3.8) is 0 Å². The number of hydrogen-bond acceptors (Lipinski definition) is 4. The first-order chi connectivity index (χ1) is 13.5. The molecule has 0 unspecified atom stereocenters. The van der Waals surface area contributed by atoms with Gasteiger partial charge in [0.2, 0.25) is 0 Å². The summed E-state index contributed by atoms with van der Waals surface area (Å²) >= 11 is 0. The van der Waals surface area contributed by atoms with Crippen LogP contribution < -0.4 is 9.47 Å². The van der Waals surface area contributed by atoms with Crippen LogP contribution in [0.3, 0.4) is 0 Å². The van der Waals surface area contributed by atoms with Crippen molar-refractivity contribution in [2.24, 2.45) is 0 Å². The lowest BCUT2D eigenvalue weighted by molar-refractivity contribution is -0.137. The minimum atomic E-state index is -4.54. The third-order valence-electron chi connectivity index (χ3n) is 4.77. The first-order valence-electron chi connectivity index (χ1n) is 8.79. The molecule has 4 nitrogen and oxygen atoms in total. The van der Waals surface area contributed by atoms with Crippen molar-refractivity contribution in [2.75, 3.05) is 14.2 Å². The van der Waals surface area contributed by atoms with Gasteiger partial charge in [0.05, 0.1) is 25.4 Å². The van der Waals surface area contributed by atoms with Gasteiger partial charge in [-0.05, 0) is 66.3 Å². The van der Waals surface area contributed by atoms with E-state index in [4.69, 9.17) is 9.47 Å². The molecule has 0 bridgehead atoms. The summed E-state index contributed by atoms with van der Waals surface area (Å²) in [4.78, 5) is 0. The van der Waals surface area contributed by atoms with E-state index in [1.165, 1.54) is 26.4 Å².